The Morgan fingerprint density at radius 1 is 1.30 bits per heavy atom. The molecule has 4 nitrogen and oxygen atoms in total. The molecule has 1 heterocycles. The molecule has 0 spiro atoms. The number of pyridine rings is 1. The first-order valence-electron chi connectivity index (χ1n) is 8.27. The van der Waals surface area contributed by atoms with E-state index in [0.717, 1.165) is 42.3 Å². The Morgan fingerprint density at radius 2 is 2.09 bits per heavy atom. The highest BCUT2D eigenvalue weighted by atomic mass is 35.5. The fourth-order valence-electron chi connectivity index (χ4n) is 3.11. The van der Waals surface area contributed by atoms with Crippen LogP contribution in [0.15, 0.2) is 24.3 Å². The van der Waals surface area contributed by atoms with Gasteiger partial charge in [0.05, 0.1) is 11.1 Å². The van der Waals surface area contributed by atoms with Gasteiger partial charge in [0.25, 0.3) is 5.91 Å². The van der Waals surface area contributed by atoms with Crippen LogP contribution in [-0.4, -0.2) is 23.5 Å². The van der Waals surface area contributed by atoms with E-state index in [1.54, 1.807) is 0 Å². The highest BCUT2D eigenvalue weighted by Crippen LogP contribution is 2.40. The van der Waals surface area contributed by atoms with Gasteiger partial charge >= 0.3 is 0 Å². The third kappa shape index (κ3) is 3.06. The molecule has 1 unspecified atom stereocenters. The largest absolute Gasteiger partial charge is 0.348 e. The molecule has 3 N–H and O–H groups in total. The summed E-state index contributed by atoms with van der Waals surface area (Å²) < 4.78 is 0. The Bertz CT molecular complexity index is 768. The minimum Gasteiger partial charge on any atom is -0.348 e. The predicted octanol–water partition coefficient (Wildman–Crippen LogP) is 3.23. The van der Waals surface area contributed by atoms with Gasteiger partial charge in [-0.2, -0.15) is 0 Å². The van der Waals surface area contributed by atoms with Gasteiger partial charge in [-0.3, -0.25) is 9.78 Å². The smallest absolute Gasteiger partial charge is 0.252 e. The Morgan fingerprint density at radius 3 is 2.74 bits per heavy atom. The molecular formula is C18H20ClN3O. The second-order valence-electron chi connectivity index (χ2n) is 6.68. The molecule has 1 aromatic carbocycles. The SMILES string of the molecule is NCC(NC(=O)c1cc(C2CC2)nc2ccc(Cl)cc12)C1CC1. The molecule has 2 aliphatic rings. The van der Waals surface area contributed by atoms with E-state index in [1.807, 2.05) is 24.3 Å². The topological polar surface area (TPSA) is 68.0 Å². The normalized spacial score (nSPS) is 18.9. The van der Waals surface area contributed by atoms with E-state index in [0.29, 0.717) is 29.0 Å². The van der Waals surface area contributed by atoms with Crippen LogP contribution in [0.3, 0.4) is 0 Å². The summed E-state index contributed by atoms with van der Waals surface area (Å²) in [6.07, 6.45) is 4.61. The number of carbonyl (C=O) groups is 1. The zero-order valence-electron chi connectivity index (χ0n) is 12.9. The highest BCUT2D eigenvalue weighted by Gasteiger charge is 2.32. The van der Waals surface area contributed by atoms with E-state index in [2.05, 4.69) is 5.32 Å². The Kier molecular flexibility index (Phi) is 3.74. The van der Waals surface area contributed by atoms with Crippen molar-refractivity contribution in [2.24, 2.45) is 11.7 Å². The molecule has 1 atom stereocenters. The summed E-state index contributed by atoms with van der Waals surface area (Å²) in [4.78, 5) is 17.5. The lowest BCUT2D eigenvalue weighted by atomic mass is 10.0. The molecule has 2 fully saturated rings. The van der Waals surface area contributed by atoms with E-state index < -0.39 is 0 Å². The van der Waals surface area contributed by atoms with Gasteiger partial charge in [0.2, 0.25) is 0 Å². The van der Waals surface area contributed by atoms with E-state index in [9.17, 15) is 4.79 Å². The number of nitrogens with zero attached hydrogens (tertiary/aromatic N) is 1. The zero-order valence-corrected chi connectivity index (χ0v) is 13.6. The number of carbonyl (C=O) groups excluding carboxylic acids is 1. The molecule has 1 aromatic heterocycles. The highest BCUT2D eigenvalue weighted by molar-refractivity contribution is 6.31. The van der Waals surface area contributed by atoms with Crippen molar-refractivity contribution >= 4 is 28.4 Å². The predicted molar refractivity (Wildman–Crippen MR) is 91.8 cm³/mol. The summed E-state index contributed by atoms with van der Waals surface area (Å²) in [6.45, 7) is 0.482. The first-order valence-corrected chi connectivity index (χ1v) is 8.64. The van der Waals surface area contributed by atoms with Crippen LogP contribution in [0, 0.1) is 5.92 Å². The number of amides is 1. The van der Waals surface area contributed by atoms with Crippen LogP contribution >= 0.6 is 11.6 Å². The monoisotopic (exact) mass is 329 g/mol. The first kappa shape index (κ1) is 14.9. The van der Waals surface area contributed by atoms with Crippen molar-refractivity contribution in [3.8, 4) is 0 Å². The van der Waals surface area contributed by atoms with Crippen molar-refractivity contribution in [1.82, 2.24) is 10.3 Å². The molecule has 5 heteroatoms. The molecular weight excluding hydrogens is 310 g/mol. The van der Waals surface area contributed by atoms with Gasteiger partial charge in [0.1, 0.15) is 0 Å². The van der Waals surface area contributed by atoms with Crippen molar-refractivity contribution in [2.45, 2.75) is 37.6 Å². The third-order valence-electron chi connectivity index (χ3n) is 4.79. The van der Waals surface area contributed by atoms with E-state index in [1.165, 1.54) is 0 Å². The number of halogens is 1. The van der Waals surface area contributed by atoms with Gasteiger partial charge in [-0.25, -0.2) is 0 Å². The standard InChI is InChI=1S/C18H20ClN3O/c19-12-5-6-15-13(7-12)14(8-16(21-15)10-1-2-10)18(23)22-17(9-20)11-3-4-11/h5-8,10-11,17H,1-4,9,20H2,(H,22,23). The Labute approximate surface area is 140 Å². The maximum absolute atomic E-state index is 12.8. The number of aromatic nitrogens is 1. The average Bonchev–Trinajstić information content (AvgIpc) is 3.43. The molecule has 0 aliphatic heterocycles. The lowest BCUT2D eigenvalue weighted by Gasteiger charge is -2.17. The fourth-order valence-corrected chi connectivity index (χ4v) is 3.28. The number of hydrogen-bond acceptors (Lipinski definition) is 3. The van der Waals surface area contributed by atoms with Crippen molar-refractivity contribution in [1.29, 1.82) is 0 Å². The number of nitrogens with one attached hydrogen (secondary N) is 1. The Balaban J connectivity index is 1.73. The molecule has 120 valence electrons. The molecule has 2 saturated carbocycles. The van der Waals surface area contributed by atoms with Gasteiger partial charge in [-0.05, 0) is 55.9 Å². The van der Waals surface area contributed by atoms with Gasteiger partial charge in [0, 0.05) is 34.6 Å². The van der Waals surface area contributed by atoms with E-state index >= 15 is 0 Å². The molecule has 0 radical (unpaired) electrons. The molecule has 2 aromatic rings. The molecule has 1 amide bonds. The second-order valence-corrected chi connectivity index (χ2v) is 7.12. The Hall–Kier alpha value is -1.65. The number of rotatable bonds is 5. The first-order chi connectivity index (χ1) is 11.2. The van der Waals surface area contributed by atoms with Gasteiger partial charge in [-0.15, -0.1) is 0 Å². The van der Waals surface area contributed by atoms with Crippen LogP contribution in [0.2, 0.25) is 5.02 Å². The van der Waals surface area contributed by atoms with E-state index in [-0.39, 0.29) is 11.9 Å². The zero-order chi connectivity index (χ0) is 16.0. The van der Waals surface area contributed by atoms with Crippen molar-refractivity contribution < 1.29 is 4.79 Å². The lowest BCUT2D eigenvalue weighted by Crippen LogP contribution is -2.41. The molecule has 4 rings (SSSR count). The summed E-state index contributed by atoms with van der Waals surface area (Å²) in [5, 5.41) is 4.54. The summed E-state index contributed by atoms with van der Waals surface area (Å²) in [6, 6.07) is 7.54. The minimum atomic E-state index is -0.0658. The minimum absolute atomic E-state index is 0.0641. The summed E-state index contributed by atoms with van der Waals surface area (Å²) in [5.41, 5.74) is 8.33. The third-order valence-corrected chi connectivity index (χ3v) is 5.03. The maximum Gasteiger partial charge on any atom is 0.252 e. The van der Waals surface area contributed by atoms with Gasteiger partial charge < -0.3 is 11.1 Å². The summed E-state index contributed by atoms with van der Waals surface area (Å²) in [7, 11) is 0. The fraction of sp³-hybridized carbons (Fsp3) is 0.444. The van der Waals surface area contributed by atoms with Crippen LogP contribution < -0.4 is 11.1 Å². The molecule has 23 heavy (non-hydrogen) atoms. The number of fused-ring (bicyclic) bond motifs is 1. The molecule has 0 bridgehead atoms. The quantitative estimate of drug-likeness (QED) is 0.885. The van der Waals surface area contributed by atoms with Crippen LogP contribution in [0.25, 0.3) is 10.9 Å². The van der Waals surface area contributed by atoms with E-state index in [4.69, 9.17) is 22.3 Å². The van der Waals surface area contributed by atoms with Crippen LogP contribution in [0.5, 0.6) is 0 Å². The van der Waals surface area contributed by atoms with Crippen molar-refractivity contribution in [3.63, 3.8) is 0 Å². The lowest BCUT2D eigenvalue weighted by molar-refractivity contribution is 0.0935. The molecule has 2 aliphatic carbocycles. The van der Waals surface area contributed by atoms with Crippen molar-refractivity contribution in [3.05, 3.63) is 40.5 Å². The van der Waals surface area contributed by atoms with Crippen LogP contribution in [0.1, 0.15) is 47.7 Å². The van der Waals surface area contributed by atoms with Crippen LogP contribution in [-0.2, 0) is 0 Å². The number of nitrogens with two attached hydrogens (primary N) is 1. The maximum atomic E-state index is 12.8. The molecule has 0 saturated heterocycles. The second kappa shape index (κ2) is 5.77. The van der Waals surface area contributed by atoms with Crippen LogP contribution in [0.4, 0.5) is 0 Å². The summed E-state index contributed by atoms with van der Waals surface area (Å²) >= 11 is 6.12. The average molecular weight is 330 g/mol. The van der Waals surface area contributed by atoms with Gasteiger partial charge in [0.15, 0.2) is 0 Å². The van der Waals surface area contributed by atoms with Gasteiger partial charge in [-0.1, -0.05) is 11.6 Å². The summed E-state index contributed by atoms with van der Waals surface area (Å²) in [5.74, 6) is 0.961. The number of hydrogen-bond donors (Lipinski definition) is 2. The van der Waals surface area contributed by atoms with Crippen molar-refractivity contribution in [2.75, 3.05) is 6.54 Å². The number of benzene rings is 1.